The zero-order valence-corrected chi connectivity index (χ0v) is 25.4. The van der Waals surface area contributed by atoms with Crippen LogP contribution in [0.4, 0.5) is 10.3 Å². The molecule has 2 fully saturated rings. The molecule has 2 saturated heterocycles. The van der Waals surface area contributed by atoms with E-state index in [1.165, 1.54) is 0 Å². The van der Waals surface area contributed by atoms with Crippen LogP contribution in [0, 0.1) is 0 Å². The molecule has 5 N–H and O–H groups in total. The zero-order valence-electron chi connectivity index (χ0n) is 21.7. The molecule has 238 valence electrons. The van der Waals surface area contributed by atoms with Crippen LogP contribution in [0.1, 0.15) is 18.9 Å². The van der Waals surface area contributed by atoms with Gasteiger partial charge in [0.2, 0.25) is 13.2 Å². The van der Waals surface area contributed by atoms with Crippen LogP contribution < -0.4 is 16.9 Å². The minimum atomic E-state index is -4.34. The summed E-state index contributed by atoms with van der Waals surface area (Å²) in [5.41, 5.74) is 3.82. The van der Waals surface area contributed by atoms with E-state index in [2.05, 4.69) is 65.1 Å². The van der Waals surface area contributed by atoms with Crippen molar-refractivity contribution in [1.29, 1.82) is 0 Å². The monoisotopic (exact) mass is 697 g/mol. The lowest BCUT2D eigenvalue weighted by molar-refractivity contribution is -0.0578. The SMILES string of the molecule is Nc1nc2c(nnn2[C@@H]2O[C@H](CO)C[C@H]2OP(=O)(S)OC[C@H]2O[C@@H](n3nnc4c(=O)[nH]cnc43)[C@@H](F)[C@@H]2O[PH](=O)S)c(=O)[nH]1. The summed E-state index contributed by atoms with van der Waals surface area (Å²) >= 11 is 7.74. The number of nitrogens with zero attached hydrogens (tertiary/aromatic N) is 8. The normalized spacial score (nSPS) is 29.4. The molecule has 0 amide bonds. The molecule has 0 saturated carbocycles. The summed E-state index contributed by atoms with van der Waals surface area (Å²) in [5, 5.41) is 24.8. The zero-order chi connectivity index (χ0) is 31.3. The van der Waals surface area contributed by atoms with Gasteiger partial charge in [0.25, 0.3) is 11.1 Å². The summed E-state index contributed by atoms with van der Waals surface area (Å²) in [5.74, 6) is -0.230. The van der Waals surface area contributed by atoms with Crippen LogP contribution in [0.3, 0.4) is 0 Å². The highest BCUT2D eigenvalue weighted by Crippen LogP contribution is 2.57. The molecule has 0 aliphatic carbocycles. The van der Waals surface area contributed by atoms with E-state index in [0.29, 0.717) is 0 Å². The van der Waals surface area contributed by atoms with Gasteiger partial charge in [0.05, 0.1) is 25.6 Å². The molecule has 4 aromatic rings. The fourth-order valence-electron chi connectivity index (χ4n) is 4.77. The predicted octanol–water partition coefficient (Wildman–Crippen LogP) is -0.715. The number of anilines is 1. The van der Waals surface area contributed by atoms with Crippen LogP contribution in [0.25, 0.3) is 22.3 Å². The fraction of sp³-hybridized carbons (Fsp3) is 0.556. The Morgan fingerprint density at radius 2 is 1.89 bits per heavy atom. The quantitative estimate of drug-likeness (QED) is 0.0881. The number of rotatable bonds is 10. The third-order valence-corrected chi connectivity index (χ3v) is 9.06. The molecule has 26 heteroatoms. The Hall–Kier alpha value is -2.79. The maximum atomic E-state index is 15.6. The van der Waals surface area contributed by atoms with Gasteiger partial charge in [-0.15, -0.1) is 10.2 Å². The summed E-state index contributed by atoms with van der Waals surface area (Å²) in [6, 6.07) is 0. The minimum Gasteiger partial charge on any atom is -0.394 e. The Morgan fingerprint density at radius 1 is 1.18 bits per heavy atom. The number of nitrogens with two attached hydrogens (primary N) is 1. The standard InChI is InChI=1S/C18H22FN11O10P2S2/c19-8-11(39-41(34)43)7(38-17(8)29-12-9(25-27-29)14(32)22-4-21-12)3-36-42(35,44)40-6-1-5(2-31)37-16(6)30-13-10(26-28-30)15(33)24-18(20)23-13/h4-8,11,16-17,31,41H,1-3H2,(H,34,43)(H,35,44)(H,21,22,32)(H3,20,23,24,33)/t5-,6+,7+,8-,11+,16+,17+,42?/m0/s1. The van der Waals surface area contributed by atoms with Crippen molar-refractivity contribution >= 4 is 66.8 Å². The van der Waals surface area contributed by atoms with Gasteiger partial charge in [0.1, 0.15) is 18.3 Å². The summed E-state index contributed by atoms with van der Waals surface area (Å²) in [6.07, 6.45) is -8.65. The Kier molecular flexibility index (Phi) is 8.65. The summed E-state index contributed by atoms with van der Waals surface area (Å²) < 4.78 is 70.4. The minimum absolute atomic E-state index is 0.0253. The first-order valence-electron chi connectivity index (χ1n) is 12.5. The second-order valence-corrected chi connectivity index (χ2v) is 14.2. The molecule has 6 rings (SSSR count). The number of halogens is 1. The average Bonchev–Trinajstić information content (AvgIpc) is 3.73. The van der Waals surface area contributed by atoms with Gasteiger partial charge in [-0.1, -0.05) is 34.9 Å². The number of aromatic amines is 2. The summed E-state index contributed by atoms with van der Waals surface area (Å²) in [7, 11) is -3.02. The largest absolute Gasteiger partial charge is 0.394 e. The first kappa shape index (κ1) is 31.2. The van der Waals surface area contributed by atoms with Crippen LogP contribution >= 0.6 is 38.5 Å². The van der Waals surface area contributed by atoms with Gasteiger partial charge < -0.3 is 29.8 Å². The number of ether oxygens (including phenoxy) is 2. The van der Waals surface area contributed by atoms with Crippen molar-refractivity contribution in [2.45, 2.75) is 49.5 Å². The number of nitrogens with one attached hydrogen (secondary N) is 2. The van der Waals surface area contributed by atoms with E-state index >= 15 is 4.39 Å². The van der Waals surface area contributed by atoms with Crippen molar-refractivity contribution in [3.05, 3.63) is 27.0 Å². The molecule has 2 unspecified atom stereocenters. The lowest BCUT2D eigenvalue weighted by Crippen LogP contribution is -2.32. The van der Waals surface area contributed by atoms with Gasteiger partial charge in [0, 0.05) is 6.42 Å². The molecule has 2 aliphatic heterocycles. The van der Waals surface area contributed by atoms with E-state index in [1.54, 1.807) is 0 Å². The van der Waals surface area contributed by atoms with Crippen molar-refractivity contribution in [3.63, 3.8) is 0 Å². The number of aliphatic hydroxyl groups is 1. The molecule has 0 spiro atoms. The molecule has 21 nitrogen and oxygen atoms in total. The second kappa shape index (κ2) is 12.2. The van der Waals surface area contributed by atoms with E-state index in [-0.39, 0.29) is 34.7 Å². The Bertz CT molecular complexity index is 1890. The van der Waals surface area contributed by atoms with Gasteiger partial charge in [-0.25, -0.2) is 13.9 Å². The van der Waals surface area contributed by atoms with Crippen LogP contribution in [-0.2, 0) is 32.2 Å². The van der Waals surface area contributed by atoms with E-state index < -0.39 is 81.4 Å². The fourth-order valence-corrected chi connectivity index (χ4v) is 7.14. The number of thiol groups is 2. The molecule has 0 bridgehead atoms. The van der Waals surface area contributed by atoms with E-state index in [1.807, 2.05) is 0 Å². The smallest absolute Gasteiger partial charge is 0.386 e. The van der Waals surface area contributed by atoms with Gasteiger partial charge in [-0.3, -0.25) is 28.2 Å². The maximum Gasteiger partial charge on any atom is 0.386 e. The lowest BCUT2D eigenvalue weighted by Gasteiger charge is -2.24. The van der Waals surface area contributed by atoms with Crippen molar-refractivity contribution in [1.82, 2.24) is 49.9 Å². The lowest BCUT2D eigenvalue weighted by atomic mass is 10.1. The highest BCUT2D eigenvalue weighted by molar-refractivity contribution is 8.44. The molecule has 44 heavy (non-hydrogen) atoms. The first-order chi connectivity index (χ1) is 21.0. The molecule has 9 atom stereocenters. The van der Waals surface area contributed by atoms with Gasteiger partial charge in [0.15, 0.2) is 41.0 Å². The van der Waals surface area contributed by atoms with Crippen molar-refractivity contribution in [3.8, 4) is 0 Å². The number of alkyl halides is 1. The van der Waals surface area contributed by atoms with Crippen molar-refractivity contribution in [2.75, 3.05) is 18.9 Å². The molecular weight excluding hydrogens is 675 g/mol. The summed E-state index contributed by atoms with van der Waals surface area (Å²) in [4.78, 5) is 36.7. The number of H-pyrrole nitrogens is 2. The van der Waals surface area contributed by atoms with Crippen LogP contribution in [0.2, 0.25) is 0 Å². The molecular formula is C18H22FN11O10P2S2. The molecule has 6 heterocycles. The summed E-state index contributed by atoms with van der Waals surface area (Å²) in [6.45, 7) is -5.45. The van der Waals surface area contributed by atoms with Crippen molar-refractivity contribution < 1.29 is 41.7 Å². The third-order valence-electron chi connectivity index (χ3n) is 6.63. The number of aromatic nitrogens is 10. The number of aliphatic hydroxyl groups excluding tert-OH is 1. The number of nitrogen functional groups attached to an aromatic ring is 1. The maximum absolute atomic E-state index is 15.6. The van der Waals surface area contributed by atoms with Crippen molar-refractivity contribution in [2.24, 2.45) is 0 Å². The number of hydrogen-bond acceptors (Lipinski definition) is 17. The van der Waals surface area contributed by atoms with E-state index in [0.717, 1.165) is 15.7 Å². The third kappa shape index (κ3) is 5.94. The molecule has 0 aromatic carbocycles. The van der Waals surface area contributed by atoms with Gasteiger partial charge in [-0.05, 0) is 0 Å². The van der Waals surface area contributed by atoms with Crippen LogP contribution in [0.15, 0.2) is 15.9 Å². The topological polar surface area (TPSA) is 279 Å². The Balaban J connectivity index is 1.21. The van der Waals surface area contributed by atoms with Crippen LogP contribution in [0.5, 0.6) is 0 Å². The number of hydrogen-bond donors (Lipinski definition) is 6. The predicted molar refractivity (Wildman–Crippen MR) is 151 cm³/mol. The van der Waals surface area contributed by atoms with E-state index in [4.69, 9.17) is 28.8 Å². The number of fused-ring (bicyclic) bond motifs is 2. The molecule has 2 aliphatic rings. The Labute approximate surface area is 253 Å². The van der Waals surface area contributed by atoms with Gasteiger partial charge >= 0.3 is 6.80 Å². The molecule has 4 aromatic heterocycles. The molecule has 0 radical (unpaired) electrons. The highest BCUT2D eigenvalue weighted by Gasteiger charge is 2.50. The first-order valence-corrected chi connectivity index (χ1v) is 17.8. The second-order valence-electron chi connectivity index (χ2n) is 9.43. The van der Waals surface area contributed by atoms with Crippen LogP contribution in [-0.4, -0.2) is 98.8 Å². The van der Waals surface area contributed by atoms with Gasteiger partial charge in [-0.2, -0.15) is 14.3 Å². The Morgan fingerprint density at radius 3 is 2.59 bits per heavy atom. The highest BCUT2D eigenvalue weighted by atomic mass is 32.7. The average molecular weight is 698 g/mol. The van der Waals surface area contributed by atoms with E-state index in [9.17, 15) is 23.8 Å².